The number of nitrogens with one attached hydrogen (secondary N) is 1. The summed E-state index contributed by atoms with van der Waals surface area (Å²) in [5.41, 5.74) is 5.16. The zero-order chi connectivity index (χ0) is 11.7. The fraction of sp³-hybridized carbons (Fsp3) is 0.778. The molecule has 1 atom stereocenters. The van der Waals surface area contributed by atoms with Crippen molar-refractivity contribution in [2.24, 2.45) is 5.73 Å². The molecule has 5 nitrogen and oxygen atoms in total. The van der Waals surface area contributed by atoms with Gasteiger partial charge in [0.25, 0.3) is 0 Å². The van der Waals surface area contributed by atoms with Gasteiger partial charge in [-0.1, -0.05) is 18.7 Å². The van der Waals surface area contributed by atoms with Crippen LogP contribution in [-0.2, 0) is 9.59 Å². The molecule has 6 heteroatoms. The molecule has 0 saturated carbocycles. The molecule has 88 valence electrons. The second kappa shape index (κ2) is 8.70. The summed E-state index contributed by atoms with van der Waals surface area (Å²) in [6.45, 7) is 2.34. The number of thioether (sulfide) groups is 1. The van der Waals surface area contributed by atoms with Crippen molar-refractivity contribution in [1.29, 1.82) is 0 Å². The second-order valence-electron chi connectivity index (χ2n) is 3.02. The summed E-state index contributed by atoms with van der Waals surface area (Å²) in [6, 6.07) is 0. The molecule has 0 aliphatic heterocycles. The Morgan fingerprint density at radius 3 is 2.73 bits per heavy atom. The third kappa shape index (κ3) is 8.41. The molecule has 15 heavy (non-hydrogen) atoms. The van der Waals surface area contributed by atoms with Gasteiger partial charge in [0.1, 0.15) is 0 Å². The van der Waals surface area contributed by atoms with Crippen LogP contribution < -0.4 is 11.1 Å². The first kappa shape index (κ1) is 14.4. The molecule has 0 aromatic heterocycles. The highest BCUT2D eigenvalue weighted by Crippen LogP contribution is 2.06. The van der Waals surface area contributed by atoms with E-state index >= 15 is 0 Å². The van der Waals surface area contributed by atoms with E-state index < -0.39 is 6.10 Å². The number of aliphatic hydroxyl groups excluding tert-OH is 1. The van der Waals surface area contributed by atoms with Crippen LogP contribution in [-0.4, -0.2) is 41.1 Å². The fourth-order valence-electron chi connectivity index (χ4n) is 0.815. The minimum absolute atomic E-state index is 0.0231. The van der Waals surface area contributed by atoms with E-state index in [1.165, 1.54) is 0 Å². The van der Waals surface area contributed by atoms with Gasteiger partial charge in [-0.25, -0.2) is 0 Å². The number of hydrogen-bond donors (Lipinski definition) is 3. The Bertz CT molecular complexity index is 212. The maximum atomic E-state index is 11.2. The first-order chi connectivity index (χ1) is 7.10. The lowest BCUT2D eigenvalue weighted by atomic mass is 10.3. The molecule has 0 fully saturated rings. The molecule has 0 aliphatic carbocycles. The van der Waals surface area contributed by atoms with Crippen LogP contribution in [0.5, 0.6) is 0 Å². The van der Waals surface area contributed by atoms with Gasteiger partial charge in [0.2, 0.25) is 5.91 Å². The molecule has 0 saturated heterocycles. The van der Waals surface area contributed by atoms with Gasteiger partial charge < -0.3 is 16.2 Å². The van der Waals surface area contributed by atoms with Gasteiger partial charge in [-0.3, -0.25) is 9.59 Å². The number of aliphatic hydroxyl groups is 1. The first-order valence-corrected chi connectivity index (χ1v) is 5.89. The molecule has 0 aromatic carbocycles. The number of carbonyl (C=O) groups excluding carboxylic acids is 2. The summed E-state index contributed by atoms with van der Waals surface area (Å²) in [7, 11) is 0. The Morgan fingerprint density at radius 1 is 1.53 bits per heavy atom. The number of rotatable bonds is 7. The van der Waals surface area contributed by atoms with Crippen LogP contribution in [0.3, 0.4) is 0 Å². The van der Waals surface area contributed by atoms with Gasteiger partial charge in [0.15, 0.2) is 5.12 Å². The van der Waals surface area contributed by atoms with Crippen molar-refractivity contribution in [2.75, 3.05) is 18.8 Å². The third-order valence-electron chi connectivity index (χ3n) is 1.68. The molecule has 0 spiro atoms. The van der Waals surface area contributed by atoms with E-state index in [1.54, 1.807) is 6.92 Å². The molecular formula is C9H18N2O3S. The zero-order valence-corrected chi connectivity index (χ0v) is 9.68. The largest absolute Gasteiger partial charge is 0.391 e. The monoisotopic (exact) mass is 234 g/mol. The van der Waals surface area contributed by atoms with E-state index in [0.29, 0.717) is 18.7 Å². The third-order valence-corrected chi connectivity index (χ3v) is 2.58. The molecule has 0 radical (unpaired) electrons. The van der Waals surface area contributed by atoms with Crippen LogP contribution in [0.2, 0.25) is 0 Å². The van der Waals surface area contributed by atoms with Gasteiger partial charge >= 0.3 is 0 Å². The van der Waals surface area contributed by atoms with Crippen molar-refractivity contribution in [1.82, 2.24) is 5.32 Å². The topological polar surface area (TPSA) is 92.4 Å². The molecule has 0 rings (SSSR count). The minimum Gasteiger partial charge on any atom is -0.391 e. The molecule has 1 unspecified atom stereocenters. The van der Waals surface area contributed by atoms with E-state index in [2.05, 4.69) is 5.32 Å². The van der Waals surface area contributed by atoms with Crippen molar-refractivity contribution in [3.63, 3.8) is 0 Å². The smallest absolute Gasteiger partial charge is 0.219 e. The summed E-state index contributed by atoms with van der Waals surface area (Å²) in [4.78, 5) is 22.0. The van der Waals surface area contributed by atoms with Crippen molar-refractivity contribution in [3.05, 3.63) is 0 Å². The average molecular weight is 234 g/mol. The van der Waals surface area contributed by atoms with Crippen LogP contribution in [0.25, 0.3) is 0 Å². The summed E-state index contributed by atoms with van der Waals surface area (Å²) in [6.07, 6.45) is -0.233. The SMILES string of the molecule is CCC(=O)NCCSC(=O)CC(O)CN. The predicted molar refractivity (Wildman–Crippen MR) is 60.4 cm³/mol. The lowest BCUT2D eigenvalue weighted by Crippen LogP contribution is -2.25. The highest BCUT2D eigenvalue weighted by molar-refractivity contribution is 8.13. The molecule has 0 bridgehead atoms. The summed E-state index contributed by atoms with van der Waals surface area (Å²) < 4.78 is 0. The van der Waals surface area contributed by atoms with Crippen molar-refractivity contribution in [2.45, 2.75) is 25.9 Å². The Hall–Kier alpha value is -0.590. The van der Waals surface area contributed by atoms with Crippen LogP contribution in [0, 0.1) is 0 Å². The van der Waals surface area contributed by atoms with E-state index in [-0.39, 0.29) is 24.0 Å². The van der Waals surface area contributed by atoms with E-state index in [4.69, 9.17) is 10.8 Å². The van der Waals surface area contributed by atoms with Gasteiger partial charge in [-0.05, 0) is 0 Å². The standard InChI is InChI=1S/C9H18N2O3S/c1-2-8(13)11-3-4-15-9(14)5-7(12)6-10/h7,12H,2-6,10H2,1H3,(H,11,13). The maximum Gasteiger partial charge on any atom is 0.219 e. The van der Waals surface area contributed by atoms with Crippen molar-refractivity contribution < 1.29 is 14.7 Å². The highest BCUT2D eigenvalue weighted by Gasteiger charge is 2.09. The molecule has 1 amide bonds. The number of hydrogen-bond acceptors (Lipinski definition) is 5. The van der Waals surface area contributed by atoms with E-state index in [1.807, 2.05) is 0 Å². The van der Waals surface area contributed by atoms with Crippen LogP contribution in [0.15, 0.2) is 0 Å². The summed E-state index contributed by atoms with van der Waals surface area (Å²) in [5, 5.41) is 11.6. The quantitative estimate of drug-likeness (QED) is 0.516. The van der Waals surface area contributed by atoms with Crippen LogP contribution in [0.4, 0.5) is 0 Å². The van der Waals surface area contributed by atoms with Gasteiger partial charge in [0, 0.05) is 31.7 Å². The van der Waals surface area contributed by atoms with Gasteiger partial charge in [-0.15, -0.1) is 0 Å². The minimum atomic E-state index is -0.754. The molecule has 0 heterocycles. The van der Waals surface area contributed by atoms with E-state index in [0.717, 1.165) is 11.8 Å². The fourth-order valence-corrected chi connectivity index (χ4v) is 1.56. The number of carbonyl (C=O) groups is 2. The number of amides is 1. The normalized spacial score (nSPS) is 12.2. The average Bonchev–Trinajstić information content (AvgIpc) is 2.23. The Labute approximate surface area is 93.8 Å². The molecule has 4 N–H and O–H groups in total. The highest BCUT2D eigenvalue weighted by atomic mass is 32.2. The Balaban J connectivity index is 3.43. The predicted octanol–water partition coefficient (Wildman–Crippen LogP) is -0.518. The maximum absolute atomic E-state index is 11.2. The van der Waals surface area contributed by atoms with Crippen molar-refractivity contribution >= 4 is 22.8 Å². The lowest BCUT2D eigenvalue weighted by Gasteiger charge is -2.06. The second-order valence-corrected chi connectivity index (χ2v) is 4.17. The van der Waals surface area contributed by atoms with E-state index in [9.17, 15) is 9.59 Å². The zero-order valence-electron chi connectivity index (χ0n) is 8.86. The molecular weight excluding hydrogens is 216 g/mol. The Morgan fingerprint density at radius 2 is 2.20 bits per heavy atom. The Kier molecular flexibility index (Phi) is 8.35. The molecule has 0 aliphatic rings. The van der Waals surface area contributed by atoms with Gasteiger partial charge in [-0.2, -0.15) is 0 Å². The van der Waals surface area contributed by atoms with Gasteiger partial charge in [0.05, 0.1) is 6.10 Å². The first-order valence-electron chi connectivity index (χ1n) is 4.90. The number of nitrogens with two attached hydrogens (primary N) is 1. The molecule has 0 aromatic rings. The lowest BCUT2D eigenvalue weighted by molar-refractivity contribution is -0.120. The van der Waals surface area contributed by atoms with Crippen LogP contribution in [0.1, 0.15) is 19.8 Å². The van der Waals surface area contributed by atoms with Crippen molar-refractivity contribution in [3.8, 4) is 0 Å². The summed E-state index contributed by atoms with van der Waals surface area (Å²) >= 11 is 1.10. The van der Waals surface area contributed by atoms with Crippen LogP contribution >= 0.6 is 11.8 Å². The summed E-state index contributed by atoms with van der Waals surface area (Å²) in [5.74, 6) is 0.507.